The van der Waals surface area contributed by atoms with Crippen LogP contribution in [0.5, 0.6) is 11.6 Å². The van der Waals surface area contributed by atoms with Gasteiger partial charge in [-0.25, -0.2) is 9.37 Å². The van der Waals surface area contributed by atoms with E-state index in [-0.39, 0.29) is 30.2 Å². The Morgan fingerprint density at radius 2 is 2.03 bits per heavy atom. The van der Waals surface area contributed by atoms with Gasteiger partial charge in [0.05, 0.1) is 32.7 Å². The van der Waals surface area contributed by atoms with E-state index in [4.69, 9.17) is 30.5 Å². The maximum atomic E-state index is 15.1. The first-order chi connectivity index (χ1) is 19.0. The van der Waals surface area contributed by atoms with E-state index in [2.05, 4.69) is 16.8 Å². The first-order valence-corrected chi connectivity index (χ1v) is 13.3. The van der Waals surface area contributed by atoms with E-state index >= 15 is 4.39 Å². The summed E-state index contributed by atoms with van der Waals surface area (Å²) >= 11 is 6.51. The summed E-state index contributed by atoms with van der Waals surface area (Å²) in [5.74, 6) is 6.02. The lowest BCUT2D eigenvalue weighted by Crippen LogP contribution is -2.16. The Hall–Kier alpha value is -3.60. The number of nitrogens with zero attached hydrogens (tertiary/aromatic N) is 1. The Morgan fingerprint density at radius 3 is 2.72 bits per heavy atom. The molecule has 2 aliphatic rings. The van der Waals surface area contributed by atoms with Crippen molar-refractivity contribution in [1.29, 1.82) is 0 Å². The smallest absolute Gasteiger partial charge is 0.307 e. The van der Waals surface area contributed by atoms with Gasteiger partial charge in [0.15, 0.2) is 0 Å². The van der Waals surface area contributed by atoms with E-state index in [1.54, 1.807) is 19.2 Å². The van der Waals surface area contributed by atoms with Crippen molar-refractivity contribution in [1.82, 2.24) is 4.98 Å². The highest BCUT2D eigenvalue weighted by Gasteiger charge is 2.31. The Balaban J connectivity index is 1.34. The standard InChI is InChI=1S/C31H29ClFNO5/c1-3-4-20(16-29(35)36-2)19-5-7-22(8-6-19)38-28-12-10-25-24(9-11-27(33)30(25)28)21-15-26(32)31(34-17-21)39-23-13-14-37-18-23/h5-9,11,15,17,20,23,28H,10,12-14,16,18H2,1-2H3/t20?,23?,28-/m1/s1. The molecular weight excluding hydrogens is 521 g/mol. The fourth-order valence-electron chi connectivity index (χ4n) is 5.10. The molecule has 39 heavy (non-hydrogen) atoms. The first kappa shape index (κ1) is 27.0. The molecule has 0 spiro atoms. The molecule has 1 fully saturated rings. The molecule has 0 bridgehead atoms. The van der Waals surface area contributed by atoms with Crippen molar-refractivity contribution >= 4 is 17.6 Å². The van der Waals surface area contributed by atoms with Crippen LogP contribution in [-0.2, 0) is 20.7 Å². The van der Waals surface area contributed by atoms with Gasteiger partial charge in [0.1, 0.15) is 28.8 Å². The molecule has 1 saturated heterocycles. The Labute approximate surface area is 232 Å². The minimum Gasteiger partial charge on any atom is -0.486 e. The second-order valence-corrected chi connectivity index (χ2v) is 9.95. The highest BCUT2D eigenvalue weighted by molar-refractivity contribution is 6.32. The van der Waals surface area contributed by atoms with Gasteiger partial charge in [-0.3, -0.25) is 4.79 Å². The van der Waals surface area contributed by atoms with Crippen LogP contribution in [0.2, 0.25) is 5.02 Å². The molecule has 0 N–H and O–H groups in total. The van der Waals surface area contributed by atoms with E-state index in [1.807, 2.05) is 30.3 Å². The highest BCUT2D eigenvalue weighted by Crippen LogP contribution is 2.42. The summed E-state index contributed by atoms with van der Waals surface area (Å²) in [6.45, 7) is 2.93. The van der Waals surface area contributed by atoms with Gasteiger partial charge in [-0.1, -0.05) is 35.7 Å². The zero-order chi connectivity index (χ0) is 27.4. The van der Waals surface area contributed by atoms with Gasteiger partial charge in [-0.15, -0.1) is 5.92 Å². The second kappa shape index (κ2) is 12.1. The number of halogens is 2. The molecule has 3 atom stereocenters. The number of rotatable bonds is 8. The first-order valence-electron chi connectivity index (χ1n) is 12.9. The number of fused-ring (bicyclic) bond motifs is 1. The number of benzene rings is 2. The van der Waals surface area contributed by atoms with Gasteiger partial charge in [0, 0.05) is 23.7 Å². The molecule has 2 unspecified atom stereocenters. The molecule has 3 aromatic rings. The van der Waals surface area contributed by atoms with Gasteiger partial charge in [-0.05, 0) is 60.7 Å². The van der Waals surface area contributed by atoms with Crippen molar-refractivity contribution in [2.75, 3.05) is 20.3 Å². The number of hydrogen-bond acceptors (Lipinski definition) is 6. The summed E-state index contributed by atoms with van der Waals surface area (Å²) in [6.07, 6.45) is 3.50. The van der Waals surface area contributed by atoms with Crippen LogP contribution < -0.4 is 9.47 Å². The average Bonchev–Trinajstić information content (AvgIpc) is 3.61. The number of hydrogen-bond donors (Lipinski definition) is 0. The molecule has 0 radical (unpaired) electrons. The zero-order valence-electron chi connectivity index (χ0n) is 21.8. The van der Waals surface area contributed by atoms with Crippen molar-refractivity contribution in [2.24, 2.45) is 0 Å². The van der Waals surface area contributed by atoms with Crippen LogP contribution in [0.1, 0.15) is 54.9 Å². The summed E-state index contributed by atoms with van der Waals surface area (Å²) in [7, 11) is 1.36. The molecular formula is C31H29ClFNO5. The SMILES string of the molecule is CC#CC(CC(=O)OC)c1ccc(O[C@@H]2CCc3c(-c4cnc(OC5CCOC5)c(Cl)c4)ccc(F)c32)cc1. The summed E-state index contributed by atoms with van der Waals surface area (Å²) in [5, 5.41) is 0.404. The van der Waals surface area contributed by atoms with E-state index in [1.165, 1.54) is 13.2 Å². The molecule has 2 aromatic carbocycles. The summed E-state index contributed by atoms with van der Waals surface area (Å²) in [5.41, 5.74) is 4.01. The minimum absolute atomic E-state index is 0.0544. The minimum atomic E-state index is -0.430. The van der Waals surface area contributed by atoms with Crippen LogP contribution in [0, 0.1) is 17.7 Å². The van der Waals surface area contributed by atoms with E-state index in [0.717, 1.165) is 28.7 Å². The van der Waals surface area contributed by atoms with Crippen LogP contribution >= 0.6 is 11.6 Å². The van der Waals surface area contributed by atoms with Crippen LogP contribution in [0.3, 0.4) is 0 Å². The monoisotopic (exact) mass is 549 g/mol. The predicted octanol–water partition coefficient (Wildman–Crippen LogP) is 6.45. The lowest BCUT2D eigenvalue weighted by Gasteiger charge is -2.18. The van der Waals surface area contributed by atoms with Crippen molar-refractivity contribution in [3.05, 3.63) is 76.2 Å². The van der Waals surface area contributed by atoms with Crippen molar-refractivity contribution < 1.29 is 28.1 Å². The quantitative estimate of drug-likeness (QED) is 0.238. The summed E-state index contributed by atoms with van der Waals surface area (Å²) in [6, 6.07) is 12.5. The van der Waals surface area contributed by atoms with Gasteiger partial charge < -0.3 is 18.9 Å². The number of carbonyl (C=O) groups is 1. The van der Waals surface area contributed by atoms with Crippen molar-refractivity contribution in [3.8, 4) is 34.6 Å². The number of ether oxygens (including phenoxy) is 4. The molecule has 6 nitrogen and oxygen atoms in total. The Morgan fingerprint density at radius 1 is 1.21 bits per heavy atom. The van der Waals surface area contributed by atoms with E-state index in [0.29, 0.717) is 48.3 Å². The molecule has 0 amide bonds. The van der Waals surface area contributed by atoms with E-state index in [9.17, 15) is 4.79 Å². The van der Waals surface area contributed by atoms with Crippen molar-refractivity contribution in [2.45, 2.75) is 50.7 Å². The lowest BCUT2D eigenvalue weighted by molar-refractivity contribution is -0.140. The molecule has 1 aliphatic heterocycles. The third-order valence-corrected chi connectivity index (χ3v) is 7.32. The second-order valence-electron chi connectivity index (χ2n) is 9.54. The van der Waals surface area contributed by atoms with Crippen LogP contribution in [0.25, 0.3) is 11.1 Å². The molecule has 202 valence electrons. The molecule has 5 rings (SSSR count). The highest BCUT2D eigenvalue weighted by atomic mass is 35.5. The van der Waals surface area contributed by atoms with Gasteiger partial charge in [-0.2, -0.15) is 0 Å². The number of pyridine rings is 1. The predicted molar refractivity (Wildman–Crippen MR) is 145 cm³/mol. The zero-order valence-corrected chi connectivity index (χ0v) is 22.6. The summed E-state index contributed by atoms with van der Waals surface area (Å²) < 4.78 is 37.4. The van der Waals surface area contributed by atoms with Crippen LogP contribution in [0.15, 0.2) is 48.7 Å². The van der Waals surface area contributed by atoms with Gasteiger partial charge in [0.2, 0.25) is 5.88 Å². The largest absolute Gasteiger partial charge is 0.486 e. The fourth-order valence-corrected chi connectivity index (χ4v) is 5.32. The molecule has 8 heteroatoms. The fraction of sp³-hybridized carbons (Fsp3) is 0.355. The van der Waals surface area contributed by atoms with Crippen LogP contribution in [-0.4, -0.2) is 37.4 Å². The number of methoxy groups -OCH3 is 1. The topological polar surface area (TPSA) is 66.9 Å². The number of carbonyl (C=O) groups excluding carboxylic acids is 1. The average molecular weight is 550 g/mol. The normalized spacial score (nSPS) is 18.6. The third kappa shape index (κ3) is 6.03. The van der Waals surface area contributed by atoms with Crippen LogP contribution in [0.4, 0.5) is 4.39 Å². The molecule has 2 heterocycles. The van der Waals surface area contributed by atoms with Gasteiger partial charge in [0.25, 0.3) is 0 Å². The maximum absolute atomic E-state index is 15.1. The van der Waals surface area contributed by atoms with E-state index < -0.39 is 6.10 Å². The Bertz CT molecular complexity index is 1410. The molecule has 1 aromatic heterocycles. The summed E-state index contributed by atoms with van der Waals surface area (Å²) in [4.78, 5) is 16.2. The molecule has 1 aliphatic carbocycles. The molecule has 0 saturated carbocycles. The Kier molecular flexibility index (Phi) is 8.35. The number of esters is 1. The lowest BCUT2D eigenvalue weighted by atomic mass is 9.96. The third-order valence-electron chi connectivity index (χ3n) is 7.04. The van der Waals surface area contributed by atoms with Gasteiger partial charge >= 0.3 is 5.97 Å². The maximum Gasteiger partial charge on any atom is 0.307 e. The number of aromatic nitrogens is 1. The van der Waals surface area contributed by atoms with Crippen molar-refractivity contribution in [3.63, 3.8) is 0 Å².